The van der Waals surface area contributed by atoms with Crippen LogP contribution >= 0.6 is 11.3 Å². The Hall–Kier alpha value is -2.47. The number of fused-ring (bicyclic) bond motifs is 1. The second-order valence-corrected chi connectivity index (χ2v) is 7.36. The summed E-state index contributed by atoms with van der Waals surface area (Å²) < 4.78 is 21.0. The highest BCUT2D eigenvalue weighted by molar-refractivity contribution is 7.16. The molecule has 0 unspecified atom stereocenters. The normalized spacial score (nSPS) is 11.1. The number of rotatable bonds is 7. The Balaban J connectivity index is 1.64. The van der Waals surface area contributed by atoms with E-state index in [1.54, 1.807) is 35.8 Å². The minimum atomic E-state index is -0.422. The van der Waals surface area contributed by atoms with Crippen molar-refractivity contribution in [2.75, 3.05) is 6.61 Å². The molecule has 0 spiro atoms. The average molecular weight is 372 g/mol. The Morgan fingerprint density at radius 2 is 2.15 bits per heavy atom. The summed E-state index contributed by atoms with van der Waals surface area (Å²) >= 11 is 1.48. The fourth-order valence-corrected chi connectivity index (χ4v) is 3.20. The second-order valence-electron chi connectivity index (χ2n) is 6.48. The number of aromatic nitrogens is 1. The van der Waals surface area contributed by atoms with Crippen molar-refractivity contribution in [1.82, 2.24) is 10.3 Å². The van der Waals surface area contributed by atoms with Gasteiger partial charge >= 0.3 is 0 Å². The zero-order valence-corrected chi connectivity index (χ0v) is 15.6. The lowest BCUT2D eigenvalue weighted by atomic mass is 10.1. The van der Waals surface area contributed by atoms with E-state index >= 15 is 0 Å². The van der Waals surface area contributed by atoms with Crippen molar-refractivity contribution < 1.29 is 13.9 Å². The number of nitrogens with zero attached hydrogens (tertiary/aromatic N) is 1. The highest BCUT2D eigenvalue weighted by Gasteiger charge is 2.12. The number of benzene rings is 2. The summed E-state index contributed by atoms with van der Waals surface area (Å²) in [6.45, 7) is 4.76. The number of nitrogens with one attached hydrogen (secondary N) is 1. The van der Waals surface area contributed by atoms with Crippen molar-refractivity contribution in [3.05, 3.63) is 58.9 Å². The van der Waals surface area contributed by atoms with Crippen LogP contribution in [0.4, 0.5) is 4.39 Å². The fraction of sp³-hybridized carbons (Fsp3) is 0.300. The van der Waals surface area contributed by atoms with Gasteiger partial charge in [-0.2, -0.15) is 0 Å². The molecule has 6 heteroatoms. The molecule has 4 nitrogen and oxygen atoms in total. The molecule has 3 aromatic rings. The van der Waals surface area contributed by atoms with Crippen molar-refractivity contribution in [3.63, 3.8) is 0 Å². The number of halogens is 1. The lowest BCUT2D eigenvalue weighted by Gasteiger charge is -2.12. The predicted molar refractivity (Wildman–Crippen MR) is 102 cm³/mol. The maximum Gasteiger partial charge on any atom is 0.251 e. The number of amides is 1. The van der Waals surface area contributed by atoms with Crippen LogP contribution in [0.25, 0.3) is 10.2 Å². The van der Waals surface area contributed by atoms with E-state index in [9.17, 15) is 9.18 Å². The molecule has 0 radical (unpaired) electrons. The van der Waals surface area contributed by atoms with Gasteiger partial charge < -0.3 is 10.1 Å². The summed E-state index contributed by atoms with van der Waals surface area (Å²) in [4.78, 5) is 16.5. The van der Waals surface area contributed by atoms with E-state index in [0.29, 0.717) is 23.7 Å². The zero-order chi connectivity index (χ0) is 18.5. The van der Waals surface area contributed by atoms with Gasteiger partial charge in [0.2, 0.25) is 0 Å². The number of thiazole rings is 1. The molecule has 1 amide bonds. The molecular weight excluding hydrogens is 351 g/mol. The quantitative estimate of drug-likeness (QED) is 0.649. The Kier molecular flexibility index (Phi) is 5.83. The van der Waals surface area contributed by atoms with E-state index in [1.807, 2.05) is 6.07 Å². The minimum Gasteiger partial charge on any atom is -0.490 e. The molecule has 0 aliphatic heterocycles. The molecule has 0 saturated carbocycles. The molecule has 3 rings (SSSR count). The fourth-order valence-electron chi connectivity index (χ4n) is 2.48. The highest BCUT2D eigenvalue weighted by atomic mass is 32.1. The van der Waals surface area contributed by atoms with Crippen LogP contribution in [0.2, 0.25) is 0 Å². The van der Waals surface area contributed by atoms with Gasteiger partial charge in [-0.25, -0.2) is 9.37 Å². The highest BCUT2D eigenvalue weighted by Crippen LogP contribution is 2.22. The zero-order valence-electron chi connectivity index (χ0n) is 14.8. The van der Waals surface area contributed by atoms with Crippen molar-refractivity contribution in [2.45, 2.75) is 26.8 Å². The van der Waals surface area contributed by atoms with Gasteiger partial charge in [0.25, 0.3) is 5.91 Å². The maximum atomic E-state index is 14.5. The van der Waals surface area contributed by atoms with Crippen LogP contribution in [0.5, 0.6) is 5.75 Å². The van der Waals surface area contributed by atoms with E-state index in [-0.39, 0.29) is 18.2 Å². The molecule has 1 N–H and O–H groups in total. The number of carbonyl (C=O) groups is 1. The van der Waals surface area contributed by atoms with Gasteiger partial charge in [0.1, 0.15) is 0 Å². The first-order valence-electron chi connectivity index (χ1n) is 8.56. The first-order valence-corrected chi connectivity index (χ1v) is 9.44. The third-order valence-electron chi connectivity index (χ3n) is 4.03. The number of hydrogen-bond donors (Lipinski definition) is 1. The summed E-state index contributed by atoms with van der Waals surface area (Å²) in [5, 5.41) is 2.76. The van der Waals surface area contributed by atoms with Gasteiger partial charge in [-0.1, -0.05) is 26.0 Å². The van der Waals surface area contributed by atoms with Gasteiger partial charge in [0.15, 0.2) is 11.6 Å². The van der Waals surface area contributed by atoms with Gasteiger partial charge in [-0.15, -0.1) is 11.3 Å². The lowest BCUT2D eigenvalue weighted by Crippen LogP contribution is -2.23. The molecule has 0 aliphatic rings. The number of hydrogen-bond acceptors (Lipinski definition) is 4. The molecule has 0 bridgehead atoms. The largest absolute Gasteiger partial charge is 0.490 e. The molecule has 1 heterocycles. The Morgan fingerprint density at radius 3 is 2.96 bits per heavy atom. The predicted octanol–water partition coefficient (Wildman–Crippen LogP) is 4.79. The summed E-state index contributed by atoms with van der Waals surface area (Å²) in [5.74, 6) is 0.0557. The smallest absolute Gasteiger partial charge is 0.251 e. The standard InChI is InChI=1S/C20H21FN2O2S/c1-13(2)8-9-25-17-5-3-4-15(19(17)21)11-22-20(24)14-6-7-16-18(10-14)26-12-23-16/h3-7,10,12-13H,8-9,11H2,1-2H3,(H,22,24). The van der Waals surface area contributed by atoms with Crippen LogP contribution < -0.4 is 10.1 Å². The average Bonchev–Trinajstić information content (AvgIpc) is 3.09. The molecular formula is C20H21FN2O2S. The van der Waals surface area contributed by atoms with Gasteiger partial charge in [0.05, 0.1) is 22.3 Å². The molecule has 1 aromatic heterocycles. The van der Waals surface area contributed by atoms with Crippen LogP contribution in [-0.2, 0) is 6.54 Å². The van der Waals surface area contributed by atoms with Gasteiger partial charge in [-0.05, 0) is 36.6 Å². The first-order chi connectivity index (χ1) is 12.5. The maximum absolute atomic E-state index is 14.5. The summed E-state index contributed by atoms with van der Waals surface area (Å²) in [6.07, 6.45) is 0.862. The summed E-state index contributed by atoms with van der Waals surface area (Å²) in [5.41, 5.74) is 3.54. The van der Waals surface area contributed by atoms with Gasteiger partial charge in [0, 0.05) is 17.7 Å². The SMILES string of the molecule is CC(C)CCOc1cccc(CNC(=O)c2ccc3ncsc3c2)c1F. The molecule has 0 aliphatic carbocycles. The van der Waals surface area contributed by atoms with E-state index in [1.165, 1.54) is 11.3 Å². The summed E-state index contributed by atoms with van der Waals surface area (Å²) in [7, 11) is 0. The van der Waals surface area contributed by atoms with Crippen molar-refractivity contribution >= 4 is 27.5 Å². The minimum absolute atomic E-state index is 0.104. The van der Waals surface area contributed by atoms with Gasteiger partial charge in [-0.3, -0.25) is 4.79 Å². The van der Waals surface area contributed by atoms with Crippen molar-refractivity contribution in [2.24, 2.45) is 5.92 Å². The topological polar surface area (TPSA) is 51.2 Å². The molecule has 0 fully saturated rings. The van der Waals surface area contributed by atoms with E-state index in [2.05, 4.69) is 24.1 Å². The van der Waals surface area contributed by atoms with Crippen molar-refractivity contribution in [1.29, 1.82) is 0 Å². The first kappa shape index (κ1) is 18.3. The molecule has 0 saturated heterocycles. The van der Waals surface area contributed by atoms with E-state index in [4.69, 9.17) is 4.74 Å². The van der Waals surface area contributed by atoms with Crippen molar-refractivity contribution in [3.8, 4) is 5.75 Å². The molecule has 26 heavy (non-hydrogen) atoms. The summed E-state index contributed by atoms with van der Waals surface area (Å²) in [6, 6.07) is 10.3. The lowest BCUT2D eigenvalue weighted by molar-refractivity contribution is 0.0950. The van der Waals surface area contributed by atoms with E-state index < -0.39 is 5.82 Å². The molecule has 2 aromatic carbocycles. The second kappa shape index (κ2) is 8.27. The Bertz CT molecular complexity index is 908. The van der Waals surface area contributed by atoms with E-state index in [0.717, 1.165) is 16.6 Å². The molecule has 0 atom stereocenters. The Labute approximate surface area is 156 Å². The third-order valence-corrected chi connectivity index (χ3v) is 4.82. The van der Waals surface area contributed by atoms with Crippen LogP contribution in [0.15, 0.2) is 41.9 Å². The monoisotopic (exact) mass is 372 g/mol. The van der Waals surface area contributed by atoms with Crippen LogP contribution in [-0.4, -0.2) is 17.5 Å². The Morgan fingerprint density at radius 1 is 1.31 bits per heavy atom. The number of ether oxygens (including phenoxy) is 1. The number of carbonyl (C=O) groups excluding carboxylic acids is 1. The molecule has 136 valence electrons. The third kappa shape index (κ3) is 4.38. The van der Waals surface area contributed by atoms with Crippen LogP contribution in [0.3, 0.4) is 0 Å². The van der Waals surface area contributed by atoms with Crippen LogP contribution in [0, 0.1) is 11.7 Å². The van der Waals surface area contributed by atoms with Crippen LogP contribution in [0.1, 0.15) is 36.2 Å².